The Morgan fingerprint density at radius 3 is 2.74 bits per heavy atom. The van der Waals surface area contributed by atoms with Gasteiger partial charge >= 0.3 is 0 Å². The van der Waals surface area contributed by atoms with E-state index in [-0.39, 0.29) is 17.0 Å². The first kappa shape index (κ1) is 29.6. The minimum absolute atomic E-state index is 0.0119. The molecule has 3 aromatic rings. The van der Waals surface area contributed by atoms with Gasteiger partial charge in [0.2, 0.25) is 0 Å². The molecule has 1 aliphatic carbocycles. The summed E-state index contributed by atoms with van der Waals surface area (Å²) in [5, 5.41) is 22.1. The molecule has 1 atom stereocenters. The second-order valence-corrected chi connectivity index (χ2v) is 13.1. The summed E-state index contributed by atoms with van der Waals surface area (Å²) < 4.78 is 0. The van der Waals surface area contributed by atoms with Crippen molar-refractivity contribution in [3.8, 4) is 6.07 Å². The summed E-state index contributed by atoms with van der Waals surface area (Å²) in [6.45, 7) is 10.2. The first-order valence-electron chi connectivity index (χ1n) is 14.5. The molecule has 0 saturated heterocycles. The van der Waals surface area contributed by atoms with E-state index < -0.39 is 0 Å². The van der Waals surface area contributed by atoms with Gasteiger partial charge < -0.3 is 26.3 Å². The van der Waals surface area contributed by atoms with E-state index >= 15 is 0 Å². The maximum atomic E-state index is 9.90. The van der Waals surface area contributed by atoms with Crippen LogP contribution in [0.1, 0.15) is 75.3 Å². The highest BCUT2D eigenvalue weighted by molar-refractivity contribution is 6.35. The van der Waals surface area contributed by atoms with Gasteiger partial charge in [0.25, 0.3) is 0 Å². The summed E-state index contributed by atoms with van der Waals surface area (Å²) >= 11 is 6.85. The number of nitriles is 1. The van der Waals surface area contributed by atoms with Crippen LogP contribution in [0.15, 0.2) is 54.6 Å². The maximum absolute atomic E-state index is 9.90. The van der Waals surface area contributed by atoms with Crippen LogP contribution in [0.2, 0.25) is 5.02 Å². The van der Waals surface area contributed by atoms with Gasteiger partial charge in [-0.25, -0.2) is 0 Å². The van der Waals surface area contributed by atoms with Gasteiger partial charge in [-0.2, -0.15) is 5.26 Å². The standard InChI is InChI=1S/C33H41ClN8/c1-6-33(11-12-33)39-18-28(41-36)31(25-9-7-8-21-19-42(5)13-10-24(21)25)40-23-14-26-29(38-20-32(2,3)4)22(16-35)17-37-30(26)27(34)15-23/h7-10,13-15,17-18,31,39-41H,6,11-12,19-20,36H2,1-5H3,(H,37,38)/b28-18-. The number of hydrogen-bond donors (Lipinski definition) is 5. The molecule has 220 valence electrons. The van der Waals surface area contributed by atoms with Crippen molar-refractivity contribution in [2.75, 3.05) is 24.2 Å². The molecule has 1 aliphatic heterocycles. The first-order chi connectivity index (χ1) is 20.1. The molecule has 2 aromatic carbocycles. The number of hydrogen-bond acceptors (Lipinski definition) is 8. The summed E-state index contributed by atoms with van der Waals surface area (Å²) in [4.78, 5) is 6.70. The molecule has 0 radical (unpaired) electrons. The molecule has 0 bridgehead atoms. The second-order valence-electron chi connectivity index (χ2n) is 12.7. The Morgan fingerprint density at radius 2 is 2.07 bits per heavy atom. The molecule has 9 heteroatoms. The van der Waals surface area contributed by atoms with Crippen LogP contribution in [0, 0.1) is 16.7 Å². The van der Waals surface area contributed by atoms with Crippen LogP contribution < -0.4 is 27.2 Å². The molecular formula is C33H41ClN8. The van der Waals surface area contributed by atoms with Crippen molar-refractivity contribution in [3.05, 3.63) is 81.9 Å². The van der Waals surface area contributed by atoms with Crippen molar-refractivity contribution in [2.45, 2.75) is 65.1 Å². The summed E-state index contributed by atoms with van der Waals surface area (Å²) in [6.07, 6.45) is 11.2. The van der Waals surface area contributed by atoms with Crippen molar-refractivity contribution in [2.24, 2.45) is 11.3 Å². The number of fused-ring (bicyclic) bond motifs is 2. The molecule has 6 N–H and O–H groups in total. The monoisotopic (exact) mass is 584 g/mol. The number of pyridine rings is 1. The highest BCUT2D eigenvalue weighted by Gasteiger charge is 2.40. The minimum atomic E-state index is -0.315. The number of hydrazine groups is 1. The molecule has 1 unspecified atom stereocenters. The van der Waals surface area contributed by atoms with Crippen molar-refractivity contribution in [1.29, 1.82) is 5.26 Å². The van der Waals surface area contributed by atoms with Gasteiger partial charge in [0.1, 0.15) is 6.07 Å². The molecular weight excluding hydrogens is 544 g/mol. The zero-order chi connectivity index (χ0) is 30.1. The SMILES string of the molecule is CCC1(N/C=C(\NN)C(Nc2cc(Cl)c3ncc(C#N)c(NCC(C)(C)C)c3c2)c2cccc3c2C=CN(C)C3)CC1. The van der Waals surface area contributed by atoms with E-state index in [1.165, 1.54) is 11.1 Å². The largest absolute Gasteiger partial charge is 0.384 e. The van der Waals surface area contributed by atoms with Gasteiger partial charge in [-0.05, 0) is 65.8 Å². The Balaban J connectivity index is 1.61. The lowest BCUT2D eigenvalue weighted by molar-refractivity contribution is 0.443. The number of nitrogens with two attached hydrogens (primary N) is 1. The molecule has 8 nitrogen and oxygen atoms in total. The summed E-state index contributed by atoms with van der Waals surface area (Å²) in [7, 11) is 2.07. The van der Waals surface area contributed by atoms with Gasteiger partial charge in [0.05, 0.1) is 33.5 Å². The van der Waals surface area contributed by atoms with Gasteiger partial charge in [0, 0.05) is 49.1 Å². The molecule has 1 fully saturated rings. The van der Waals surface area contributed by atoms with Crippen LogP contribution in [0.25, 0.3) is 17.0 Å². The third-order valence-corrected chi connectivity index (χ3v) is 8.44. The zero-order valence-electron chi connectivity index (χ0n) is 25.1. The lowest BCUT2D eigenvalue weighted by Gasteiger charge is -2.29. The van der Waals surface area contributed by atoms with E-state index in [0.29, 0.717) is 22.6 Å². The normalized spacial score (nSPS) is 16.4. The van der Waals surface area contributed by atoms with Crippen LogP contribution in [0.5, 0.6) is 0 Å². The molecule has 1 saturated carbocycles. The van der Waals surface area contributed by atoms with Crippen LogP contribution >= 0.6 is 11.6 Å². The maximum Gasteiger partial charge on any atom is 0.103 e. The van der Waals surface area contributed by atoms with Crippen molar-refractivity contribution >= 4 is 40.0 Å². The molecule has 42 heavy (non-hydrogen) atoms. The topological polar surface area (TPSA) is 114 Å². The van der Waals surface area contributed by atoms with E-state index in [1.807, 2.05) is 18.3 Å². The van der Waals surface area contributed by atoms with E-state index in [9.17, 15) is 5.26 Å². The number of rotatable bonds is 10. The third kappa shape index (κ3) is 6.28. The Hall–Kier alpha value is -3.93. The summed E-state index contributed by atoms with van der Waals surface area (Å²) in [5.41, 5.74) is 10.1. The first-order valence-corrected chi connectivity index (χ1v) is 14.9. The van der Waals surface area contributed by atoms with Crippen molar-refractivity contribution in [3.63, 3.8) is 0 Å². The third-order valence-electron chi connectivity index (χ3n) is 8.15. The Kier molecular flexibility index (Phi) is 8.27. The quantitative estimate of drug-likeness (QED) is 0.133. The molecule has 2 aliphatic rings. The number of benzene rings is 2. The van der Waals surface area contributed by atoms with Crippen LogP contribution in [-0.2, 0) is 6.54 Å². The van der Waals surface area contributed by atoms with E-state index in [4.69, 9.17) is 17.4 Å². The van der Waals surface area contributed by atoms with Crippen LogP contribution in [-0.4, -0.2) is 29.0 Å². The highest BCUT2D eigenvalue weighted by atomic mass is 35.5. The zero-order valence-corrected chi connectivity index (χ0v) is 25.9. The van der Waals surface area contributed by atoms with E-state index in [1.54, 1.807) is 6.20 Å². The molecule has 0 spiro atoms. The van der Waals surface area contributed by atoms with Gasteiger partial charge in [-0.3, -0.25) is 10.8 Å². The lowest BCUT2D eigenvalue weighted by Crippen LogP contribution is -2.34. The van der Waals surface area contributed by atoms with Crippen LogP contribution in [0.3, 0.4) is 0 Å². The number of nitrogens with zero attached hydrogens (tertiary/aromatic N) is 3. The fourth-order valence-corrected chi connectivity index (χ4v) is 5.67. The smallest absolute Gasteiger partial charge is 0.103 e. The average Bonchev–Trinajstić information content (AvgIpc) is 3.75. The summed E-state index contributed by atoms with van der Waals surface area (Å²) in [6, 6.07) is 12.3. The molecule has 1 aromatic heterocycles. The van der Waals surface area contributed by atoms with Gasteiger partial charge in [-0.1, -0.05) is 57.5 Å². The van der Waals surface area contributed by atoms with Gasteiger partial charge in [-0.15, -0.1) is 0 Å². The van der Waals surface area contributed by atoms with Gasteiger partial charge in [0.15, 0.2) is 0 Å². The number of aromatic nitrogens is 1. The van der Waals surface area contributed by atoms with Crippen molar-refractivity contribution < 1.29 is 0 Å². The lowest BCUT2D eigenvalue weighted by atomic mass is 9.92. The highest BCUT2D eigenvalue weighted by Crippen LogP contribution is 2.40. The Labute approximate surface area is 254 Å². The van der Waals surface area contributed by atoms with E-state index in [0.717, 1.165) is 53.8 Å². The Bertz CT molecular complexity index is 1580. The second kappa shape index (κ2) is 11.7. The number of nitrogens with one attached hydrogen (secondary N) is 4. The molecule has 2 heterocycles. The molecule has 0 amide bonds. The number of anilines is 2. The summed E-state index contributed by atoms with van der Waals surface area (Å²) in [5.74, 6) is 6.21. The fraction of sp³-hybridized carbons (Fsp3) is 0.394. The van der Waals surface area contributed by atoms with E-state index in [2.05, 4.69) is 103 Å². The predicted octanol–water partition coefficient (Wildman–Crippen LogP) is 6.62. The number of halogens is 1. The van der Waals surface area contributed by atoms with Crippen molar-refractivity contribution in [1.82, 2.24) is 20.6 Å². The Morgan fingerprint density at radius 1 is 1.29 bits per heavy atom. The minimum Gasteiger partial charge on any atom is -0.384 e. The molecule has 5 rings (SSSR count). The average molecular weight is 585 g/mol. The van der Waals surface area contributed by atoms with Crippen LogP contribution in [0.4, 0.5) is 11.4 Å². The fourth-order valence-electron chi connectivity index (χ4n) is 5.40. The predicted molar refractivity (Wildman–Crippen MR) is 174 cm³/mol.